The molecule has 1 N–H and O–H groups in total. The van der Waals surface area contributed by atoms with Crippen molar-refractivity contribution in [2.75, 3.05) is 13.1 Å². The number of rotatable bonds is 5. The van der Waals surface area contributed by atoms with Crippen LogP contribution >= 0.6 is 23.2 Å². The zero-order valence-corrected chi connectivity index (χ0v) is 16.0. The summed E-state index contributed by atoms with van der Waals surface area (Å²) in [4.78, 5) is 15.0. The van der Waals surface area contributed by atoms with E-state index < -0.39 is 0 Å². The van der Waals surface area contributed by atoms with Crippen LogP contribution in [0.3, 0.4) is 0 Å². The monoisotopic (exact) mass is 392 g/mol. The topological polar surface area (TPSA) is 50.2 Å². The molecule has 138 valence electrons. The maximum Gasteiger partial charge on any atom is 0.274 e. The number of aromatic nitrogens is 2. The SMILES string of the molecule is O=C(c1ccn(C2CCCNC2)n1)N(Cc1ccc(Cl)c(Cl)c1)C1CC1. The lowest BCUT2D eigenvalue weighted by atomic mass is 10.1. The predicted molar refractivity (Wildman–Crippen MR) is 103 cm³/mol. The molecule has 2 heterocycles. The van der Waals surface area contributed by atoms with Gasteiger partial charge in [-0.1, -0.05) is 29.3 Å². The average Bonchev–Trinajstić information content (AvgIpc) is 3.38. The summed E-state index contributed by atoms with van der Waals surface area (Å²) in [7, 11) is 0. The van der Waals surface area contributed by atoms with Crippen molar-refractivity contribution in [3.05, 3.63) is 51.8 Å². The fourth-order valence-electron chi connectivity index (χ4n) is 3.45. The van der Waals surface area contributed by atoms with Crippen LogP contribution < -0.4 is 5.32 Å². The number of halogens is 2. The van der Waals surface area contributed by atoms with Crippen LogP contribution in [-0.2, 0) is 6.54 Å². The van der Waals surface area contributed by atoms with Crippen molar-refractivity contribution in [1.29, 1.82) is 0 Å². The van der Waals surface area contributed by atoms with E-state index in [9.17, 15) is 4.79 Å². The van der Waals surface area contributed by atoms with Crippen LogP contribution in [0.5, 0.6) is 0 Å². The van der Waals surface area contributed by atoms with Crippen molar-refractivity contribution in [3.63, 3.8) is 0 Å². The molecule has 1 unspecified atom stereocenters. The van der Waals surface area contributed by atoms with Crippen LogP contribution in [0.4, 0.5) is 0 Å². The fourth-order valence-corrected chi connectivity index (χ4v) is 3.77. The Kier molecular flexibility index (Phi) is 5.20. The molecule has 26 heavy (non-hydrogen) atoms. The van der Waals surface area contributed by atoms with Crippen molar-refractivity contribution < 1.29 is 4.79 Å². The lowest BCUT2D eigenvalue weighted by Crippen LogP contribution is -2.34. The van der Waals surface area contributed by atoms with Gasteiger partial charge in [-0.2, -0.15) is 5.10 Å². The first-order chi connectivity index (χ1) is 12.6. The summed E-state index contributed by atoms with van der Waals surface area (Å²) in [5, 5.41) is 9.00. The summed E-state index contributed by atoms with van der Waals surface area (Å²) in [5.41, 5.74) is 1.50. The number of nitrogens with zero attached hydrogens (tertiary/aromatic N) is 3. The molecule has 0 bridgehead atoms. The molecule has 1 aliphatic heterocycles. The van der Waals surface area contributed by atoms with Crippen LogP contribution in [0.15, 0.2) is 30.5 Å². The minimum Gasteiger partial charge on any atom is -0.330 e. The molecule has 1 aliphatic carbocycles. The van der Waals surface area contributed by atoms with Gasteiger partial charge in [0.25, 0.3) is 5.91 Å². The van der Waals surface area contributed by atoms with E-state index in [4.69, 9.17) is 23.2 Å². The zero-order valence-electron chi connectivity index (χ0n) is 14.5. The smallest absolute Gasteiger partial charge is 0.274 e. The first kappa shape index (κ1) is 17.8. The minimum atomic E-state index is -0.0129. The third kappa shape index (κ3) is 3.90. The molecule has 2 aromatic rings. The van der Waals surface area contributed by atoms with Gasteiger partial charge in [0.05, 0.1) is 16.1 Å². The molecule has 1 saturated heterocycles. The molecule has 2 aliphatic rings. The van der Waals surface area contributed by atoms with Gasteiger partial charge >= 0.3 is 0 Å². The largest absolute Gasteiger partial charge is 0.330 e. The highest BCUT2D eigenvalue weighted by molar-refractivity contribution is 6.42. The zero-order chi connectivity index (χ0) is 18.1. The van der Waals surface area contributed by atoms with Gasteiger partial charge in [0.1, 0.15) is 5.69 Å². The van der Waals surface area contributed by atoms with E-state index in [1.165, 1.54) is 0 Å². The molecule has 4 rings (SSSR count). The Balaban J connectivity index is 1.50. The molecule has 7 heteroatoms. The maximum absolute atomic E-state index is 13.1. The minimum absolute atomic E-state index is 0.0129. The Labute approximate surface area is 163 Å². The second kappa shape index (κ2) is 7.59. The number of amides is 1. The van der Waals surface area contributed by atoms with Crippen molar-refractivity contribution in [2.45, 2.75) is 44.3 Å². The molecule has 0 spiro atoms. The number of hydrogen-bond donors (Lipinski definition) is 1. The molecule has 1 atom stereocenters. The second-order valence-corrected chi connectivity index (χ2v) is 7.91. The van der Waals surface area contributed by atoms with Crippen LogP contribution in [0.1, 0.15) is 47.8 Å². The van der Waals surface area contributed by atoms with Crippen molar-refractivity contribution in [2.24, 2.45) is 0 Å². The Bertz CT molecular complexity index is 797. The Morgan fingerprint density at radius 1 is 1.23 bits per heavy atom. The summed E-state index contributed by atoms with van der Waals surface area (Å²) in [5.74, 6) is -0.0129. The second-order valence-electron chi connectivity index (χ2n) is 7.09. The van der Waals surface area contributed by atoms with Gasteiger partial charge in [0.2, 0.25) is 0 Å². The summed E-state index contributed by atoms with van der Waals surface area (Å²) in [6.45, 7) is 2.49. The van der Waals surface area contributed by atoms with E-state index in [-0.39, 0.29) is 5.91 Å². The number of nitrogens with one attached hydrogen (secondary N) is 1. The standard InChI is InChI=1S/C19H22Cl2N4O/c20-16-6-3-13(10-17(16)21)12-24(14-4-5-14)19(26)18-7-9-25(23-18)15-2-1-8-22-11-15/h3,6-7,9-10,14-15,22H,1-2,4-5,8,11-12H2. The predicted octanol–water partition coefficient (Wildman–Crippen LogP) is 3.92. The number of hydrogen-bond acceptors (Lipinski definition) is 3. The van der Waals surface area contributed by atoms with E-state index in [0.29, 0.717) is 34.4 Å². The Hall–Kier alpha value is -1.56. The molecule has 1 saturated carbocycles. The van der Waals surface area contributed by atoms with E-state index in [1.807, 2.05) is 34.0 Å². The summed E-state index contributed by atoms with van der Waals surface area (Å²) in [6, 6.07) is 7.98. The highest BCUT2D eigenvalue weighted by Crippen LogP contribution is 2.31. The summed E-state index contributed by atoms with van der Waals surface area (Å²) < 4.78 is 1.93. The third-order valence-corrected chi connectivity index (χ3v) is 5.80. The van der Waals surface area contributed by atoms with E-state index >= 15 is 0 Å². The highest BCUT2D eigenvalue weighted by Gasteiger charge is 2.34. The van der Waals surface area contributed by atoms with Crippen molar-refractivity contribution in [1.82, 2.24) is 20.0 Å². The normalized spacial score (nSPS) is 20.2. The first-order valence-electron chi connectivity index (χ1n) is 9.12. The van der Waals surface area contributed by atoms with Crippen LogP contribution in [0.2, 0.25) is 10.0 Å². The molecule has 1 aromatic carbocycles. The molecular formula is C19H22Cl2N4O. The van der Waals surface area contributed by atoms with Crippen molar-refractivity contribution >= 4 is 29.1 Å². The number of carbonyl (C=O) groups is 1. The van der Waals surface area contributed by atoms with Crippen LogP contribution in [0.25, 0.3) is 0 Å². The molecule has 5 nitrogen and oxygen atoms in total. The van der Waals surface area contributed by atoms with Gasteiger partial charge in [-0.05, 0) is 56.0 Å². The fraction of sp³-hybridized carbons (Fsp3) is 0.474. The molecular weight excluding hydrogens is 371 g/mol. The van der Waals surface area contributed by atoms with Gasteiger partial charge < -0.3 is 10.2 Å². The van der Waals surface area contributed by atoms with Crippen molar-refractivity contribution in [3.8, 4) is 0 Å². The van der Waals surface area contributed by atoms with Gasteiger partial charge in [0, 0.05) is 25.3 Å². The molecule has 1 amide bonds. The molecule has 2 fully saturated rings. The van der Waals surface area contributed by atoms with Gasteiger partial charge in [0.15, 0.2) is 0 Å². The van der Waals surface area contributed by atoms with E-state index in [1.54, 1.807) is 6.07 Å². The lowest BCUT2D eigenvalue weighted by Gasteiger charge is -2.23. The molecule has 0 radical (unpaired) electrons. The van der Waals surface area contributed by atoms with E-state index in [0.717, 1.165) is 44.3 Å². The van der Waals surface area contributed by atoms with Crippen LogP contribution in [0, 0.1) is 0 Å². The highest BCUT2D eigenvalue weighted by atomic mass is 35.5. The Morgan fingerprint density at radius 2 is 2.08 bits per heavy atom. The molecule has 1 aromatic heterocycles. The quantitative estimate of drug-likeness (QED) is 0.838. The van der Waals surface area contributed by atoms with Gasteiger partial charge in [-0.15, -0.1) is 0 Å². The third-order valence-electron chi connectivity index (χ3n) is 5.06. The summed E-state index contributed by atoms with van der Waals surface area (Å²) >= 11 is 12.1. The summed E-state index contributed by atoms with van der Waals surface area (Å²) in [6.07, 6.45) is 6.24. The lowest BCUT2D eigenvalue weighted by molar-refractivity contribution is 0.0722. The van der Waals surface area contributed by atoms with Gasteiger partial charge in [-0.25, -0.2) is 0 Å². The number of benzene rings is 1. The van der Waals surface area contributed by atoms with Crippen LogP contribution in [-0.4, -0.2) is 39.7 Å². The maximum atomic E-state index is 13.1. The Morgan fingerprint density at radius 3 is 2.77 bits per heavy atom. The van der Waals surface area contributed by atoms with Gasteiger partial charge in [-0.3, -0.25) is 9.48 Å². The number of carbonyl (C=O) groups excluding carboxylic acids is 1. The first-order valence-corrected chi connectivity index (χ1v) is 9.88. The average molecular weight is 393 g/mol. The number of piperidine rings is 1. The van der Waals surface area contributed by atoms with E-state index in [2.05, 4.69) is 10.4 Å².